The van der Waals surface area contributed by atoms with Crippen LogP contribution in [-0.2, 0) is 7.05 Å². The average molecular weight is 382 g/mol. The zero-order valence-electron chi connectivity index (χ0n) is 16.3. The first-order valence-electron chi connectivity index (χ1n) is 8.95. The lowest BCUT2D eigenvalue weighted by Crippen LogP contribution is -2.18. The van der Waals surface area contributed by atoms with E-state index in [2.05, 4.69) is 5.32 Å². The topological polar surface area (TPSA) is 71.0 Å². The van der Waals surface area contributed by atoms with Crippen LogP contribution in [0, 0.1) is 6.92 Å². The van der Waals surface area contributed by atoms with Gasteiger partial charge in [0.1, 0.15) is 30.4 Å². The van der Waals surface area contributed by atoms with E-state index in [-0.39, 0.29) is 5.91 Å². The van der Waals surface area contributed by atoms with Gasteiger partial charge in [0.05, 0.1) is 19.7 Å². The van der Waals surface area contributed by atoms with Crippen LogP contribution < -0.4 is 24.3 Å². The number of hydrogen-bond acceptors (Lipinski definition) is 5. The number of anilines is 1. The van der Waals surface area contributed by atoms with Crippen molar-refractivity contribution in [3.05, 3.63) is 41.6 Å². The van der Waals surface area contributed by atoms with Crippen LogP contribution in [0.2, 0.25) is 0 Å². The zero-order chi connectivity index (χ0) is 19.8. The summed E-state index contributed by atoms with van der Waals surface area (Å²) >= 11 is 0. The smallest absolute Gasteiger partial charge is 0.272 e. The first-order valence-corrected chi connectivity index (χ1v) is 8.95. The Kier molecular flexibility index (Phi) is 4.50. The first kappa shape index (κ1) is 18.0. The van der Waals surface area contributed by atoms with E-state index in [1.165, 1.54) is 0 Å². The molecule has 146 valence electrons. The van der Waals surface area contributed by atoms with E-state index in [1.807, 2.05) is 32.2 Å². The number of hydrogen-bond donors (Lipinski definition) is 1. The molecule has 7 nitrogen and oxygen atoms in total. The molecule has 1 aliphatic rings. The lowest BCUT2D eigenvalue weighted by Gasteiger charge is -2.20. The maximum Gasteiger partial charge on any atom is 0.272 e. The van der Waals surface area contributed by atoms with Gasteiger partial charge in [-0.25, -0.2) is 0 Å². The molecule has 1 amide bonds. The van der Waals surface area contributed by atoms with Crippen molar-refractivity contribution in [3.8, 4) is 23.0 Å². The molecular weight excluding hydrogens is 360 g/mol. The highest BCUT2D eigenvalue weighted by Gasteiger charge is 2.21. The fourth-order valence-electron chi connectivity index (χ4n) is 3.48. The van der Waals surface area contributed by atoms with E-state index in [9.17, 15) is 4.79 Å². The summed E-state index contributed by atoms with van der Waals surface area (Å²) in [7, 11) is 5.04. The molecule has 1 N–H and O–H groups in total. The number of nitrogens with zero attached hydrogens (tertiary/aromatic N) is 1. The second kappa shape index (κ2) is 6.99. The van der Waals surface area contributed by atoms with Crippen molar-refractivity contribution in [1.29, 1.82) is 0 Å². The van der Waals surface area contributed by atoms with Gasteiger partial charge in [0, 0.05) is 24.2 Å². The van der Waals surface area contributed by atoms with Crippen LogP contribution in [0.1, 0.15) is 16.1 Å². The third-order valence-electron chi connectivity index (χ3n) is 4.93. The Morgan fingerprint density at radius 3 is 2.36 bits per heavy atom. The molecule has 1 aliphatic heterocycles. The van der Waals surface area contributed by atoms with E-state index in [4.69, 9.17) is 18.9 Å². The largest absolute Gasteiger partial charge is 0.496 e. The molecule has 0 bridgehead atoms. The van der Waals surface area contributed by atoms with Crippen molar-refractivity contribution < 1.29 is 23.7 Å². The number of carbonyl (C=O) groups excluding carboxylic acids is 1. The number of carbonyl (C=O) groups is 1. The normalized spacial score (nSPS) is 12.7. The maximum atomic E-state index is 13.0. The molecule has 0 atom stereocenters. The number of rotatable bonds is 4. The first-order chi connectivity index (χ1) is 13.5. The number of aromatic nitrogens is 1. The van der Waals surface area contributed by atoms with Crippen LogP contribution in [0.25, 0.3) is 10.9 Å². The molecule has 2 aromatic carbocycles. The van der Waals surface area contributed by atoms with Crippen LogP contribution >= 0.6 is 0 Å². The van der Waals surface area contributed by atoms with E-state index in [1.54, 1.807) is 30.9 Å². The minimum atomic E-state index is -0.234. The van der Waals surface area contributed by atoms with Crippen molar-refractivity contribution in [1.82, 2.24) is 4.57 Å². The number of fused-ring (bicyclic) bond motifs is 2. The lowest BCUT2D eigenvalue weighted by molar-refractivity contribution is 0.101. The van der Waals surface area contributed by atoms with Gasteiger partial charge >= 0.3 is 0 Å². The molecule has 0 spiro atoms. The molecule has 4 rings (SSSR count). The molecule has 0 saturated carbocycles. The van der Waals surface area contributed by atoms with Crippen LogP contribution in [0.4, 0.5) is 5.69 Å². The standard InChI is InChI=1S/C21H22N2O5/c1-12-9-18-19(28-8-7-27-18)11-14(12)22-21(24)15-10-13-16(25-3)5-6-17(26-4)20(13)23(15)2/h5-6,9-11H,7-8H2,1-4H3,(H,22,24). The quantitative estimate of drug-likeness (QED) is 0.748. The van der Waals surface area contributed by atoms with Crippen molar-refractivity contribution in [2.75, 3.05) is 32.8 Å². The van der Waals surface area contributed by atoms with Gasteiger partial charge < -0.3 is 28.8 Å². The Balaban J connectivity index is 1.73. The second-order valence-electron chi connectivity index (χ2n) is 6.59. The maximum absolute atomic E-state index is 13.0. The summed E-state index contributed by atoms with van der Waals surface area (Å²) in [6.45, 7) is 2.94. The Labute approximate surface area is 162 Å². The second-order valence-corrected chi connectivity index (χ2v) is 6.59. The van der Waals surface area contributed by atoms with Crippen molar-refractivity contribution in [2.45, 2.75) is 6.92 Å². The van der Waals surface area contributed by atoms with Gasteiger partial charge in [-0.2, -0.15) is 0 Å². The number of ether oxygens (including phenoxy) is 4. The molecule has 3 aromatic rings. The predicted octanol–water partition coefficient (Wildman–Crippen LogP) is 3.53. The molecule has 0 saturated heterocycles. The molecule has 0 radical (unpaired) electrons. The Morgan fingerprint density at radius 1 is 1.04 bits per heavy atom. The van der Waals surface area contributed by atoms with Crippen LogP contribution in [0.15, 0.2) is 30.3 Å². The van der Waals surface area contributed by atoms with Gasteiger partial charge in [-0.3, -0.25) is 4.79 Å². The highest BCUT2D eigenvalue weighted by molar-refractivity contribution is 6.08. The summed E-state index contributed by atoms with van der Waals surface area (Å²) in [5.41, 5.74) is 2.86. The predicted molar refractivity (Wildman–Crippen MR) is 106 cm³/mol. The monoisotopic (exact) mass is 382 g/mol. The van der Waals surface area contributed by atoms with Gasteiger partial charge in [-0.1, -0.05) is 0 Å². The summed E-state index contributed by atoms with van der Waals surface area (Å²) in [4.78, 5) is 13.0. The minimum Gasteiger partial charge on any atom is -0.496 e. The molecule has 0 unspecified atom stereocenters. The molecule has 1 aromatic heterocycles. The summed E-state index contributed by atoms with van der Waals surface area (Å²) < 4.78 is 23.9. The van der Waals surface area contributed by atoms with Crippen molar-refractivity contribution in [2.24, 2.45) is 7.05 Å². The van der Waals surface area contributed by atoms with Gasteiger partial charge in [-0.05, 0) is 36.8 Å². The molecule has 7 heteroatoms. The number of aryl methyl sites for hydroxylation is 2. The molecular formula is C21H22N2O5. The minimum absolute atomic E-state index is 0.234. The number of methoxy groups -OCH3 is 2. The van der Waals surface area contributed by atoms with E-state index >= 15 is 0 Å². The van der Waals surface area contributed by atoms with Gasteiger partial charge in [0.15, 0.2) is 11.5 Å². The Bertz CT molecular complexity index is 1070. The number of nitrogens with one attached hydrogen (secondary N) is 1. The fraction of sp³-hybridized carbons (Fsp3) is 0.286. The average Bonchev–Trinajstić information content (AvgIpc) is 3.05. The Morgan fingerprint density at radius 2 is 1.68 bits per heavy atom. The van der Waals surface area contributed by atoms with E-state index in [0.29, 0.717) is 47.6 Å². The summed E-state index contributed by atoms with van der Waals surface area (Å²) in [5, 5.41) is 3.79. The molecule has 2 heterocycles. The summed E-state index contributed by atoms with van der Waals surface area (Å²) in [6.07, 6.45) is 0. The highest BCUT2D eigenvalue weighted by atomic mass is 16.6. The van der Waals surface area contributed by atoms with Gasteiger partial charge in [-0.15, -0.1) is 0 Å². The zero-order valence-corrected chi connectivity index (χ0v) is 16.3. The third-order valence-corrected chi connectivity index (χ3v) is 4.93. The lowest BCUT2D eigenvalue weighted by atomic mass is 10.1. The Hall–Kier alpha value is -3.35. The SMILES string of the molecule is COc1ccc(OC)c2c1cc(C(=O)Nc1cc3c(cc1C)OCCO3)n2C. The van der Waals surface area contributed by atoms with E-state index < -0.39 is 0 Å². The van der Waals surface area contributed by atoms with Crippen molar-refractivity contribution in [3.63, 3.8) is 0 Å². The summed E-state index contributed by atoms with van der Waals surface area (Å²) in [6, 6.07) is 9.13. The third kappa shape index (κ3) is 2.89. The van der Waals surface area contributed by atoms with Gasteiger partial charge in [0.2, 0.25) is 0 Å². The number of amides is 1. The van der Waals surface area contributed by atoms with Crippen LogP contribution in [0.3, 0.4) is 0 Å². The highest BCUT2D eigenvalue weighted by Crippen LogP contribution is 2.37. The molecule has 0 fully saturated rings. The molecule has 0 aliphatic carbocycles. The van der Waals surface area contributed by atoms with Crippen LogP contribution in [-0.4, -0.2) is 37.9 Å². The fourth-order valence-corrected chi connectivity index (χ4v) is 3.48. The number of benzene rings is 2. The molecule has 28 heavy (non-hydrogen) atoms. The van der Waals surface area contributed by atoms with Crippen LogP contribution in [0.5, 0.6) is 23.0 Å². The summed E-state index contributed by atoms with van der Waals surface area (Å²) in [5.74, 6) is 2.45. The van der Waals surface area contributed by atoms with Gasteiger partial charge in [0.25, 0.3) is 5.91 Å². The van der Waals surface area contributed by atoms with Crippen molar-refractivity contribution >= 4 is 22.5 Å². The van der Waals surface area contributed by atoms with E-state index in [0.717, 1.165) is 16.5 Å².